The second-order valence-corrected chi connectivity index (χ2v) is 7.04. The van der Waals surface area contributed by atoms with Gasteiger partial charge in [0.1, 0.15) is 0 Å². The van der Waals surface area contributed by atoms with E-state index in [9.17, 15) is 0 Å². The summed E-state index contributed by atoms with van der Waals surface area (Å²) in [6, 6.07) is 18.1. The highest BCUT2D eigenvalue weighted by molar-refractivity contribution is 6.11. The molecule has 0 aliphatic heterocycles. The van der Waals surface area contributed by atoms with Gasteiger partial charge in [0.2, 0.25) is 0 Å². The first kappa shape index (κ1) is 13.1. The normalized spacial score (nSPS) is 28.2. The molecule has 0 amide bonds. The van der Waals surface area contributed by atoms with Gasteiger partial charge in [-0.2, -0.15) is 0 Å². The maximum Gasteiger partial charge on any atom is -0.00177 e. The fraction of sp³-hybridized carbons (Fsp3) is 0.217. The van der Waals surface area contributed by atoms with Gasteiger partial charge in [0.25, 0.3) is 0 Å². The molecule has 0 heteroatoms. The standard InChI is InChI=1S/C23H20/c1-3-14-12-15(4-2)22-20-13-16-8-5-6-9-17(16)18-10-7-11-19(21(14)22)23(18)20/h3-11,13-15,21-22H,1-2,12H2. The highest BCUT2D eigenvalue weighted by Crippen LogP contribution is 2.61. The van der Waals surface area contributed by atoms with Gasteiger partial charge >= 0.3 is 0 Å². The molecule has 2 aliphatic carbocycles. The Balaban J connectivity index is 1.91. The Hall–Kier alpha value is -2.34. The summed E-state index contributed by atoms with van der Waals surface area (Å²) < 4.78 is 0. The molecular weight excluding hydrogens is 276 g/mol. The predicted octanol–water partition coefficient (Wildman–Crippen LogP) is 6.18. The van der Waals surface area contributed by atoms with Crippen molar-refractivity contribution in [3.05, 3.63) is 85.0 Å². The minimum Gasteiger partial charge on any atom is -0.103 e. The van der Waals surface area contributed by atoms with E-state index in [-0.39, 0.29) is 0 Å². The summed E-state index contributed by atoms with van der Waals surface area (Å²) >= 11 is 0. The molecule has 5 rings (SSSR count). The lowest BCUT2D eigenvalue weighted by atomic mass is 9.85. The molecule has 1 saturated carbocycles. The van der Waals surface area contributed by atoms with Crippen molar-refractivity contribution in [2.24, 2.45) is 11.8 Å². The molecule has 2 aliphatic rings. The van der Waals surface area contributed by atoms with E-state index in [0.29, 0.717) is 23.7 Å². The smallest absolute Gasteiger partial charge is 0.00177 e. The van der Waals surface area contributed by atoms with Gasteiger partial charge in [-0.25, -0.2) is 0 Å². The van der Waals surface area contributed by atoms with Crippen LogP contribution in [0.5, 0.6) is 0 Å². The zero-order valence-corrected chi connectivity index (χ0v) is 13.2. The van der Waals surface area contributed by atoms with Gasteiger partial charge in [-0.3, -0.25) is 0 Å². The van der Waals surface area contributed by atoms with Crippen LogP contribution in [0.15, 0.2) is 73.8 Å². The van der Waals surface area contributed by atoms with E-state index in [1.807, 2.05) is 0 Å². The summed E-state index contributed by atoms with van der Waals surface area (Å²) in [5, 5.41) is 5.64. The first-order valence-corrected chi connectivity index (χ1v) is 8.53. The minimum atomic E-state index is 0.555. The Kier molecular flexibility index (Phi) is 2.61. The molecule has 0 bridgehead atoms. The number of benzene rings is 3. The summed E-state index contributed by atoms with van der Waals surface area (Å²) in [7, 11) is 0. The second kappa shape index (κ2) is 4.58. The number of fused-ring (bicyclic) bond motifs is 5. The molecule has 0 saturated heterocycles. The largest absolute Gasteiger partial charge is 0.103 e. The van der Waals surface area contributed by atoms with Gasteiger partial charge < -0.3 is 0 Å². The van der Waals surface area contributed by atoms with Crippen LogP contribution in [0.1, 0.15) is 29.4 Å². The summed E-state index contributed by atoms with van der Waals surface area (Å²) in [5.74, 6) is 2.26. The lowest BCUT2D eigenvalue weighted by Crippen LogP contribution is -2.06. The molecule has 0 spiro atoms. The average molecular weight is 296 g/mol. The number of allylic oxidation sites excluding steroid dienone is 2. The topological polar surface area (TPSA) is 0 Å². The van der Waals surface area contributed by atoms with E-state index in [4.69, 9.17) is 0 Å². The molecule has 4 unspecified atom stereocenters. The summed E-state index contributed by atoms with van der Waals surface area (Å²) in [6.07, 6.45) is 5.53. The maximum absolute atomic E-state index is 4.13. The number of rotatable bonds is 2. The van der Waals surface area contributed by atoms with E-state index < -0.39 is 0 Å². The molecule has 1 fully saturated rings. The molecule has 0 radical (unpaired) electrons. The third-order valence-electron chi connectivity index (χ3n) is 6.12. The van der Waals surface area contributed by atoms with Crippen molar-refractivity contribution >= 4 is 21.5 Å². The van der Waals surface area contributed by atoms with Crippen LogP contribution in [0, 0.1) is 11.8 Å². The van der Waals surface area contributed by atoms with Crippen LogP contribution in [0.4, 0.5) is 0 Å². The maximum atomic E-state index is 4.13. The monoisotopic (exact) mass is 296 g/mol. The van der Waals surface area contributed by atoms with Crippen molar-refractivity contribution in [3.63, 3.8) is 0 Å². The Morgan fingerprint density at radius 2 is 1.48 bits per heavy atom. The number of hydrogen-bond acceptors (Lipinski definition) is 0. The predicted molar refractivity (Wildman–Crippen MR) is 98.9 cm³/mol. The summed E-state index contributed by atoms with van der Waals surface area (Å²) in [6.45, 7) is 8.25. The van der Waals surface area contributed by atoms with Crippen molar-refractivity contribution in [1.82, 2.24) is 0 Å². The third kappa shape index (κ3) is 1.56. The van der Waals surface area contributed by atoms with Crippen LogP contribution in [0.3, 0.4) is 0 Å². The third-order valence-corrected chi connectivity index (χ3v) is 6.12. The van der Waals surface area contributed by atoms with E-state index in [1.165, 1.54) is 39.1 Å². The fourth-order valence-electron chi connectivity index (χ4n) is 5.24. The molecule has 112 valence electrons. The first-order chi connectivity index (χ1) is 11.3. The van der Waals surface area contributed by atoms with Crippen molar-refractivity contribution in [3.8, 4) is 0 Å². The summed E-state index contributed by atoms with van der Waals surface area (Å²) in [4.78, 5) is 0. The molecular formula is C23H20. The molecule has 0 heterocycles. The zero-order valence-electron chi connectivity index (χ0n) is 13.2. The lowest BCUT2D eigenvalue weighted by molar-refractivity contribution is 0.555. The number of hydrogen-bond donors (Lipinski definition) is 0. The Labute approximate surface area is 137 Å². The molecule has 3 aromatic rings. The summed E-state index contributed by atoms with van der Waals surface area (Å²) in [5.41, 5.74) is 3.07. The van der Waals surface area contributed by atoms with Gasteiger partial charge in [0, 0.05) is 0 Å². The van der Waals surface area contributed by atoms with Crippen LogP contribution in [0.2, 0.25) is 0 Å². The Morgan fingerprint density at radius 3 is 2.26 bits per heavy atom. The highest BCUT2D eigenvalue weighted by atomic mass is 14.5. The van der Waals surface area contributed by atoms with Gasteiger partial charge in [0.05, 0.1) is 0 Å². The molecule has 3 aromatic carbocycles. The highest BCUT2D eigenvalue weighted by Gasteiger charge is 2.47. The van der Waals surface area contributed by atoms with Gasteiger partial charge in [0.15, 0.2) is 0 Å². The molecule has 0 N–H and O–H groups in total. The lowest BCUT2D eigenvalue weighted by Gasteiger charge is -2.18. The fourth-order valence-corrected chi connectivity index (χ4v) is 5.24. The van der Waals surface area contributed by atoms with Crippen molar-refractivity contribution < 1.29 is 0 Å². The van der Waals surface area contributed by atoms with Crippen LogP contribution >= 0.6 is 0 Å². The van der Waals surface area contributed by atoms with Gasteiger partial charge in [-0.15, -0.1) is 13.2 Å². The van der Waals surface area contributed by atoms with Crippen LogP contribution in [-0.4, -0.2) is 0 Å². The van der Waals surface area contributed by atoms with E-state index >= 15 is 0 Å². The van der Waals surface area contributed by atoms with Gasteiger partial charge in [-0.05, 0) is 62.8 Å². The van der Waals surface area contributed by atoms with Crippen LogP contribution in [0.25, 0.3) is 21.5 Å². The quantitative estimate of drug-likeness (QED) is 0.391. The van der Waals surface area contributed by atoms with Gasteiger partial charge in [-0.1, -0.05) is 60.7 Å². The van der Waals surface area contributed by atoms with E-state index in [2.05, 4.69) is 73.8 Å². The minimum absolute atomic E-state index is 0.555. The first-order valence-electron chi connectivity index (χ1n) is 8.53. The molecule has 4 atom stereocenters. The van der Waals surface area contributed by atoms with Crippen molar-refractivity contribution in [2.75, 3.05) is 0 Å². The van der Waals surface area contributed by atoms with Crippen LogP contribution in [-0.2, 0) is 0 Å². The average Bonchev–Trinajstić information content (AvgIpc) is 3.13. The molecule has 23 heavy (non-hydrogen) atoms. The van der Waals surface area contributed by atoms with Crippen molar-refractivity contribution in [1.29, 1.82) is 0 Å². The van der Waals surface area contributed by atoms with Crippen molar-refractivity contribution in [2.45, 2.75) is 18.3 Å². The van der Waals surface area contributed by atoms with E-state index in [0.717, 1.165) is 0 Å². The Morgan fingerprint density at radius 1 is 0.783 bits per heavy atom. The van der Waals surface area contributed by atoms with E-state index in [1.54, 1.807) is 0 Å². The second-order valence-electron chi connectivity index (χ2n) is 7.04. The van der Waals surface area contributed by atoms with Crippen LogP contribution < -0.4 is 0 Å². The Bertz CT molecular complexity index is 962. The molecule has 0 aromatic heterocycles. The zero-order chi connectivity index (χ0) is 15.6. The molecule has 0 nitrogen and oxygen atoms in total. The SMILES string of the molecule is C=CC1CC(C=C)C2c3cc4ccccc4c4cccc(c34)C12.